The molecule has 1 atom stereocenters. The second-order valence-electron chi connectivity index (χ2n) is 7.72. The Hall–Kier alpha value is -3.58. The van der Waals surface area contributed by atoms with E-state index in [0.29, 0.717) is 17.8 Å². The Kier molecular flexibility index (Phi) is 6.87. The number of hydrogen-bond acceptors (Lipinski definition) is 5. The highest BCUT2D eigenvalue weighted by molar-refractivity contribution is 6.07. The number of rotatable bonds is 8. The van der Waals surface area contributed by atoms with Crippen molar-refractivity contribution in [3.63, 3.8) is 0 Å². The maximum absolute atomic E-state index is 13.1. The molecule has 2 N–H and O–H groups in total. The highest BCUT2D eigenvalue weighted by atomic mass is 16.5. The number of hydrogen-bond donors (Lipinski definition) is 2. The molecule has 7 nitrogen and oxygen atoms in total. The summed E-state index contributed by atoms with van der Waals surface area (Å²) in [5.41, 5.74) is 1.98. The van der Waals surface area contributed by atoms with E-state index < -0.39 is 5.91 Å². The zero-order valence-electron chi connectivity index (χ0n) is 18.0. The standard InChI is InChI=1S/C25H27N3O4/c1-31-19-12-10-18(11-13-19)22(28-14-4-5-15-28)17-26-24(29)20-7-2-3-8-21(20)27-25(30)23-9-6-16-32-23/h2-3,6-13,16,22H,4-5,14-15,17H2,1H3,(H,26,29)(H,27,30). The first-order valence-electron chi connectivity index (χ1n) is 10.8. The fourth-order valence-electron chi connectivity index (χ4n) is 4.00. The number of para-hydroxylation sites is 1. The van der Waals surface area contributed by atoms with E-state index in [9.17, 15) is 9.59 Å². The molecule has 166 valence electrons. The quantitative estimate of drug-likeness (QED) is 0.559. The van der Waals surface area contributed by atoms with Gasteiger partial charge in [0.15, 0.2) is 5.76 Å². The van der Waals surface area contributed by atoms with Gasteiger partial charge in [-0.05, 0) is 67.9 Å². The summed E-state index contributed by atoms with van der Waals surface area (Å²) in [6.07, 6.45) is 3.75. The van der Waals surface area contributed by atoms with Gasteiger partial charge in [0.1, 0.15) is 5.75 Å². The Morgan fingerprint density at radius 1 is 1.00 bits per heavy atom. The van der Waals surface area contributed by atoms with Gasteiger partial charge in [0.05, 0.1) is 30.7 Å². The molecule has 0 radical (unpaired) electrons. The normalized spacial score (nSPS) is 14.7. The van der Waals surface area contributed by atoms with Gasteiger partial charge in [0.25, 0.3) is 11.8 Å². The fraction of sp³-hybridized carbons (Fsp3) is 0.280. The highest BCUT2D eigenvalue weighted by Gasteiger charge is 2.25. The van der Waals surface area contributed by atoms with Crippen LogP contribution in [-0.4, -0.2) is 43.5 Å². The van der Waals surface area contributed by atoms with E-state index in [4.69, 9.17) is 9.15 Å². The minimum Gasteiger partial charge on any atom is -0.497 e. The van der Waals surface area contributed by atoms with E-state index in [1.807, 2.05) is 24.3 Å². The van der Waals surface area contributed by atoms with Crippen molar-refractivity contribution in [3.8, 4) is 5.75 Å². The molecule has 0 saturated carbocycles. The van der Waals surface area contributed by atoms with Crippen LogP contribution in [-0.2, 0) is 0 Å². The van der Waals surface area contributed by atoms with Crippen LogP contribution in [0.4, 0.5) is 5.69 Å². The van der Waals surface area contributed by atoms with Crippen LogP contribution in [0.25, 0.3) is 0 Å². The number of likely N-dealkylation sites (tertiary alicyclic amines) is 1. The molecule has 0 aliphatic carbocycles. The lowest BCUT2D eigenvalue weighted by Crippen LogP contribution is -2.37. The summed E-state index contributed by atoms with van der Waals surface area (Å²) in [6.45, 7) is 2.47. The summed E-state index contributed by atoms with van der Waals surface area (Å²) in [7, 11) is 1.65. The molecule has 7 heteroatoms. The Balaban J connectivity index is 1.48. The van der Waals surface area contributed by atoms with Crippen LogP contribution in [0.5, 0.6) is 5.75 Å². The molecule has 3 aromatic rings. The third-order valence-electron chi connectivity index (χ3n) is 5.70. The molecule has 0 bridgehead atoms. The van der Waals surface area contributed by atoms with Gasteiger partial charge in [-0.3, -0.25) is 14.5 Å². The van der Waals surface area contributed by atoms with Gasteiger partial charge in [-0.1, -0.05) is 24.3 Å². The molecule has 2 amide bonds. The zero-order valence-corrected chi connectivity index (χ0v) is 18.0. The smallest absolute Gasteiger partial charge is 0.291 e. The average molecular weight is 434 g/mol. The molecule has 1 aliphatic rings. The monoisotopic (exact) mass is 433 g/mol. The van der Waals surface area contributed by atoms with E-state index in [0.717, 1.165) is 37.2 Å². The number of carbonyl (C=O) groups excluding carboxylic acids is 2. The topological polar surface area (TPSA) is 83.8 Å². The first-order valence-corrected chi connectivity index (χ1v) is 10.8. The summed E-state index contributed by atoms with van der Waals surface area (Å²) in [6, 6.07) is 18.2. The number of methoxy groups -OCH3 is 1. The predicted octanol–water partition coefficient (Wildman–Crippen LogP) is 4.11. The van der Waals surface area contributed by atoms with Crippen LogP contribution in [0, 0.1) is 0 Å². The van der Waals surface area contributed by atoms with Crippen molar-refractivity contribution in [1.82, 2.24) is 10.2 Å². The molecule has 1 aromatic heterocycles. The van der Waals surface area contributed by atoms with Crippen molar-refractivity contribution in [2.75, 3.05) is 32.1 Å². The third-order valence-corrected chi connectivity index (χ3v) is 5.70. The van der Waals surface area contributed by atoms with Crippen LogP contribution in [0.2, 0.25) is 0 Å². The summed E-state index contributed by atoms with van der Waals surface area (Å²) in [5.74, 6) is 0.356. The van der Waals surface area contributed by atoms with Crippen molar-refractivity contribution in [2.24, 2.45) is 0 Å². The maximum Gasteiger partial charge on any atom is 0.291 e. The van der Waals surface area contributed by atoms with Crippen LogP contribution in [0.15, 0.2) is 71.3 Å². The molecule has 1 unspecified atom stereocenters. The van der Waals surface area contributed by atoms with Gasteiger partial charge in [-0.15, -0.1) is 0 Å². The fourth-order valence-corrected chi connectivity index (χ4v) is 4.00. The van der Waals surface area contributed by atoms with E-state index in [1.165, 1.54) is 6.26 Å². The number of benzene rings is 2. The van der Waals surface area contributed by atoms with Gasteiger partial charge in [0.2, 0.25) is 0 Å². The molecule has 2 heterocycles. The molecule has 1 aliphatic heterocycles. The molecule has 1 fully saturated rings. The number of ether oxygens (including phenoxy) is 1. The third kappa shape index (κ3) is 5.00. The van der Waals surface area contributed by atoms with Gasteiger partial charge < -0.3 is 19.8 Å². The number of anilines is 1. The number of nitrogens with one attached hydrogen (secondary N) is 2. The van der Waals surface area contributed by atoms with Gasteiger partial charge >= 0.3 is 0 Å². The van der Waals surface area contributed by atoms with Crippen LogP contribution in [0.1, 0.15) is 45.4 Å². The van der Waals surface area contributed by atoms with Gasteiger partial charge in [-0.25, -0.2) is 0 Å². The Bertz CT molecular complexity index is 1040. The maximum atomic E-state index is 13.1. The van der Waals surface area contributed by atoms with Crippen molar-refractivity contribution in [3.05, 3.63) is 83.8 Å². The Labute approximate surface area is 187 Å². The highest BCUT2D eigenvalue weighted by Crippen LogP contribution is 2.26. The molecule has 1 saturated heterocycles. The van der Waals surface area contributed by atoms with Gasteiger partial charge in [0, 0.05) is 6.54 Å². The zero-order chi connectivity index (χ0) is 22.3. The van der Waals surface area contributed by atoms with Crippen molar-refractivity contribution in [2.45, 2.75) is 18.9 Å². The van der Waals surface area contributed by atoms with Crippen molar-refractivity contribution < 1.29 is 18.7 Å². The molecule has 4 rings (SSSR count). The second-order valence-corrected chi connectivity index (χ2v) is 7.72. The van der Waals surface area contributed by atoms with Crippen LogP contribution >= 0.6 is 0 Å². The van der Waals surface area contributed by atoms with E-state index in [1.54, 1.807) is 43.5 Å². The summed E-state index contributed by atoms with van der Waals surface area (Å²) >= 11 is 0. The van der Waals surface area contributed by atoms with E-state index in [2.05, 4.69) is 15.5 Å². The Morgan fingerprint density at radius 3 is 2.44 bits per heavy atom. The molecule has 32 heavy (non-hydrogen) atoms. The number of nitrogens with zero attached hydrogens (tertiary/aromatic N) is 1. The minimum atomic E-state index is -0.400. The van der Waals surface area contributed by atoms with E-state index in [-0.39, 0.29) is 17.7 Å². The summed E-state index contributed by atoms with van der Waals surface area (Å²) in [4.78, 5) is 27.8. The number of amides is 2. The van der Waals surface area contributed by atoms with E-state index >= 15 is 0 Å². The molecule has 2 aromatic carbocycles. The minimum absolute atomic E-state index is 0.0669. The lowest BCUT2D eigenvalue weighted by atomic mass is 10.0. The SMILES string of the molecule is COc1ccc(C(CNC(=O)c2ccccc2NC(=O)c2ccco2)N2CCCC2)cc1. The van der Waals surface area contributed by atoms with Crippen LogP contribution in [0.3, 0.4) is 0 Å². The lowest BCUT2D eigenvalue weighted by molar-refractivity contribution is 0.0938. The number of furan rings is 1. The predicted molar refractivity (Wildman–Crippen MR) is 122 cm³/mol. The summed E-state index contributed by atoms with van der Waals surface area (Å²) < 4.78 is 10.4. The molecular formula is C25H27N3O4. The summed E-state index contributed by atoms with van der Waals surface area (Å²) in [5, 5.41) is 5.83. The average Bonchev–Trinajstić information content (AvgIpc) is 3.55. The van der Waals surface area contributed by atoms with Gasteiger partial charge in [-0.2, -0.15) is 0 Å². The lowest BCUT2D eigenvalue weighted by Gasteiger charge is -2.28. The largest absolute Gasteiger partial charge is 0.497 e. The number of carbonyl (C=O) groups is 2. The first kappa shape index (κ1) is 21.6. The Morgan fingerprint density at radius 2 is 1.75 bits per heavy atom. The van der Waals surface area contributed by atoms with Crippen molar-refractivity contribution >= 4 is 17.5 Å². The van der Waals surface area contributed by atoms with Crippen molar-refractivity contribution in [1.29, 1.82) is 0 Å². The second kappa shape index (κ2) is 10.2. The van der Waals surface area contributed by atoms with Crippen LogP contribution < -0.4 is 15.4 Å². The first-order chi connectivity index (χ1) is 15.7. The molecule has 0 spiro atoms. The molecular weight excluding hydrogens is 406 g/mol.